The number of sulfonamides is 1. The van der Waals surface area contributed by atoms with Gasteiger partial charge in [-0.15, -0.1) is 0 Å². The number of carbonyl (C=O) groups excluding carboxylic acids is 2. The Morgan fingerprint density at radius 2 is 1.91 bits per heavy atom. The number of nitrogens with two attached hydrogens (primary N) is 1. The van der Waals surface area contributed by atoms with E-state index in [-0.39, 0.29) is 16.6 Å². The van der Waals surface area contributed by atoms with Crippen molar-refractivity contribution in [2.45, 2.75) is 36.4 Å². The number of hydrogen-bond acceptors (Lipinski definition) is 7. The Morgan fingerprint density at radius 3 is 2.53 bits per heavy atom. The molecule has 3 aromatic rings. The maximum Gasteiger partial charge on any atom is 0.337 e. The van der Waals surface area contributed by atoms with E-state index in [0.29, 0.717) is 28.5 Å². The van der Waals surface area contributed by atoms with Crippen LogP contribution in [-0.4, -0.2) is 42.7 Å². The van der Waals surface area contributed by atoms with E-state index in [1.165, 1.54) is 31.0 Å². The van der Waals surface area contributed by atoms with E-state index in [2.05, 4.69) is 22.0 Å². The molecule has 0 aliphatic rings. The highest BCUT2D eigenvalue weighted by Crippen LogP contribution is 2.27. The summed E-state index contributed by atoms with van der Waals surface area (Å²) in [4.78, 5) is 28.5. The van der Waals surface area contributed by atoms with Gasteiger partial charge in [-0.2, -0.15) is 0 Å². The molecule has 11 heteroatoms. The lowest BCUT2D eigenvalue weighted by Crippen LogP contribution is -2.15. The largest absolute Gasteiger partial charge is 0.465 e. The Hall–Kier alpha value is -2.89. The Morgan fingerprint density at radius 1 is 1.19 bits per heavy atom. The molecule has 0 bridgehead atoms. The van der Waals surface area contributed by atoms with Crippen molar-refractivity contribution >= 4 is 50.4 Å². The normalized spacial score (nSPS) is 11.5. The van der Waals surface area contributed by atoms with Crippen LogP contribution in [0.1, 0.15) is 30.1 Å². The average molecular weight is 477 g/mol. The number of ether oxygens (including phenoxy) is 1. The van der Waals surface area contributed by atoms with Crippen molar-refractivity contribution in [2.75, 3.05) is 18.2 Å². The molecular formula is C21H24N4O5S2. The molecule has 3 rings (SSSR count). The molecule has 0 aliphatic heterocycles. The van der Waals surface area contributed by atoms with Crippen molar-refractivity contribution in [3.05, 3.63) is 48.0 Å². The predicted octanol–water partition coefficient (Wildman–Crippen LogP) is 3.00. The first-order valence-corrected chi connectivity index (χ1v) is 12.4. The minimum atomic E-state index is -3.83. The zero-order chi connectivity index (χ0) is 23.3. The number of esters is 1. The van der Waals surface area contributed by atoms with Crippen LogP contribution in [0.25, 0.3) is 11.0 Å². The number of benzene rings is 2. The van der Waals surface area contributed by atoms with E-state index < -0.39 is 16.0 Å². The molecule has 2 aromatic carbocycles. The van der Waals surface area contributed by atoms with Crippen LogP contribution in [0.15, 0.2) is 52.5 Å². The molecule has 1 aromatic heterocycles. The molecule has 0 saturated heterocycles. The first-order valence-electron chi connectivity index (χ1n) is 9.87. The number of anilines is 1. The number of carbonyl (C=O) groups is 2. The smallest absolute Gasteiger partial charge is 0.337 e. The van der Waals surface area contributed by atoms with Gasteiger partial charge in [0.2, 0.25) is 15.9 Å². The van der Waals surface area contributed by atoms with Gasteiger partial charge in [-0.25, -0.2) is 23.3 Å². The maximum absolute atomic E-state index is 12.4. The highest BCUT2D eigenvalue weighted by Gasteiger charge is 2.16. The second kappa shape index (κ2) is 10.2. The SMILES string of the molecule is CCCCn1c(SCC(=O)Nc2ccc(C(=O)OC)cc2)nc2cc(S(N)(=O)=O)ccc21. The van der Waals surface area contributed by atoms with Crippen molar-refractivity contribution < 1.29 is 22.7 Å². The molecule has 0 radical (unpaired) electrons. The number of imidazole rings is 1. The lowest BCUT2D eigenvalue weighted by atomic mass is 10.2. The molecule has 0 fully saturated rings. The molecule has 170 valence electrons. The van der Waals surface area contributed by atoms with Crippen LogP contribution < -0.4 is 10.5 Å². The van der Waals surface area contributed by atoms with Gasteiger partial charge in [0.15, 0.2) is 5.16 Å². The molecule has 1 heterocycles. The number of aromatic nitrogens is 2. The van der Waals surface area contributed by atoms with E-state index in [4.69, 9.17) is 5.14 Å². The molecule has 1 amide bonds. The van der Waals surface area contributed by atoms with Crippen LogP contribution in [0.3, 0.4) is 0 Å². The fourth-order valence-electron chi connectivity index (χ4n) is 3.04. The molecule has 32 heavy (non-hydrogen) atoms. The minimum Gasteiger partial charge on any atom is -0.465 e. The molecule has 0 saturated carbocycles. The minimum absolute atomic E-state index is 0.00478. The number of thioether (sulfide) groups is 1. The number of amides is 1. The van der Waals surface area contributed by atoms with Crippen LogP contribution in [0.2, 0.25) is 0 Å². The van der Waals surface area contributed by atoms with Gasteiger partial charge < -0.3 is 14.6 Å². The summed E-state index contributed by atoms with van der Waals surface area (Å²) in [5.41, 5.74) is 2.24. The summed E-state index contributed by atoms with van der Waals surface area (Å²) in [7, 11) is -2.53. The van der Waals surface area contributed by atoms with Crippen molar-refractivity contribution in [2.24, 2.45) is 5.14 Å². The van der Waals surface area contributed by atoms with Gasteiger partial charge in [-0.1, -0.05) is 25.1 Å². The summed E-state index contributed by atoms with van der Waals surface area (Å²) >= 11 is 1.26. The van der Waals surface area contributed by atoms with E-state index in [1.54, 1.807) is 30.3 Å². The Kier molecular flexibility index (Phi) is 7.54. The van der Waals surface area contributed by atoms with Crippen molar-refractivity contribution in [1.82, 2.24) is 9.55 Å². The van der Waals surface area contributed by atoms with Crippen molar-refractivity contribution in [1.29, 1.82) is 0 Å². The third-order valence-electron chi connectivity index (χ3n) is 4.67. The predicted molar refractivity (Wildman–Crippen MR) is 123 cm³/mol. The summed E-state index contributed by atoms with van der Waals surface area (Å²) in [6.45, 7) is 2.77. The summed E-state index contributed by atoms with van der Waals surface area (Å²) in [5, 5.41) is 8.63. The van der Waals surface area contributed by atoms with Crippen LogP contribution in [0, 0.1) is 0 Å². The summed E-state index contributed by atoms with van der Waals surface area (Å²) in [6, 6.07) is 11.0. The number of nitrogens with one attached hydrogen (secondary N) is 1. The molecule has 3 N–H and O–H groups in total. The van der Waals surface area contributed by atoms with Crippen molar-refractivity contribution in [3.8, 4) is 0 Å². The number of fused-ring (bicyclic) bond motifs is 1. The number of hydrogen-bond donors (Lipinski definition) is 2. The van der Waals surface area contributed by atoms with Crippen LogP contribution >= 0.6 is 11.8 Å². The zero-order valence-electron chi connectivity index (χ0n) is 17.7. The molecule has 0 spiro atoms. The number of unbranched alkanes of at least 4 members (excludes halogenated alkanes) is 1. The standard InChI is InChI=1S/C21H24N4O5S2/c1-3-4-11-25-18-10-9-16(32(22,28)29)12-17(18)24-21(25)31-13-19(26)23-15-7-5-14(6-8-15)20(27)30-2/h5-10,12H,3-4,11,13H2,1-2H3,(H,23,26)(H2,22,28,29). The van der Waals surface area contributed by atoms with Gasteiger partial charge in [0, 0.05) is 12.2 Å². The van der Waals surface area contributed by atoms with Gasteiger partial charge >= 0.3 is 5.97 Å². The van der Waals surface area contributed by atoms with Crippen LogP contribution in [-0.2, 0) is 26.1 Å². The van der Waals surface area contributed by atoms with Gasteiger partial charge in [-0.05, 0) is 48.9 Å². The first kappa shape index (κ1) is 23.8. The third-order valence-corrected chi connectivity index (χ3v) is 6.56. The van der Waals surface area contributed by atoms with E-state index in [1.807, 2.05) is 4.57 Å². The second-order valence-electron chi connectivity index (χ2n) is 7.00. The topological polar surface area (TPSA) is 133 Å². The second-order valence-corrected chi connectivity index (χ2v) is 9.50. The molecule has 9 nitrogen and oxygen atoms in total. The lowest BCUT2D eigenvalue weighted by molar-refractivity contribution is -0.113. The Labute approximate surface area is 190 Å². The zero-order valence-corrected chi connectivity index (χ0v) is 19.3. The van der Waals surface area contributed by atoms with Gasteiger partial charge in [0.25, 0.3) is 0 Å². The summed E-state index contributed by atoms with van der Waals surface area (Å²) in [6.07, 6.45) is 1.88. The highest BCUT2D eigenvalue weighted by molar-refractivity contribution is 7.99. The van der Waals surface area contributed by atoms with E-state index in [9.17, 15) is 18.0 Å². The number of nitrogens with zero attached hydrogens (tertiary/aromatic N) is 2. The number of aryl methyl sites for hydroxylation is 1. The average Bonchev–Trinajstić information content (AvgIpc) is 3.12. The fourth-order valence-corrected chi connectivity index (χ4v) is 4.42. The van der Waals surface area contributed by atoms with Crippen LogP contribution in [0.5, 0.6) is 0 Å². The summed E-state index contributed by atoms with van der Waals surface area (Å²) in [5.74, 6) is -0.578. The quantitative estimate of drug-likeness (QED) is 0.358. The fraction of sp³-hybridized carbons (Fsp3) is 0.286. The molecular weight excluding hydrogens is 452 g/mol. The van der Waals surface area contributed by atoms with Gasteiger partial charge in [0.05, 0.1) is 34.4 Å². The number of rotatable bonds is 9. The molecule has 0 atom stereocenters. The lowest BCUT2D eigenvalue weighted by Gasteiger charge is -2.09. The Bertz CT molecular complexity index is 1240. The van der Waals surface area contributed by atoms with Gasteiger partial charge in [0.1, 0.15) is 0 Å². The van der Waals surface area contributed by atoms with E-state index in [0.717, 1.165) is 18.4 Å². The summed E-state index contributed by atoms with van der Waals surface area (Å²) < 4.78 is 30.0. The highest BCUT2D eigenvalue weighted by atomic mass is 32.2. The van der Waals surface area contributed by atoms with Gasteiger partial charge in [-0.3, -0.25) is 4.79 Å². The third kappa shape index (κ3) is 5.67. The number of methoxy groups -OCH3 is 1. The maximum atomic E-state index is 12.4. The number of primary sulfonamides is 1. The van der Waals surface area contributed by atoms with Crippen molar-refractivity contribution in [3.63, 3.8) is 0 Å². The molecule has 0 aliphatic carbocycles. The monoisotopic (exact) mass is 476 g/mol. The molecule has 0 unspecified atom stereocenters. The first-order chi connectivity index (χ1) is 15.2. The Balaban J connectivity index is 1.75. The van der Waals surface area contributed by atoms with Crippen LogP contribution in [0.4, 0.5) is 5.69 Å². The van der Waals surface area contributed by atoms with E-state index >= 15 is 0 Å².